The number of aromatic nitrogens is 3. The summed E-state index contributed by atoms with van der Waals surface area (Å²) in [6, 6.07) is 8.39. The maximum atomic E-state index is 9.75. The van der Waals surface area contributed by atoms with Crippen molar-refractivity contribution in [3.63, 3.8) is 0 Å². The van der Waals surface area contributed by atoms with Crippen molar-refractivity contribution in [1.82, 2.24) is 14.8 Å². The summed E-state index contributed by atoms with van der Waals surface area (Å²) in [5.74, 6) is 0.696. The molecule has 1 atom stereocenters. The molecule has 0 aliphatic heterocycles. The number of pyridine rings is 1. The quantitative estimate of drug-likeness (QED) is 0.401. The number of allylic oxidation sites excluding steroid dienone is 4. The van der Waals surface area contributed by atoms with Crippen LogP contribution >= 0.6 is 0 Å². The Kier molecular flexibility index (Phi) is 7.62. The lowest BCUT2D eigenvalue weighted by molar-refractivity contribution is 0.280. The molecule has 3 aromatic rings. The minimum absolute atomic E-state index is 0.0162. The van der Waals surface area contributed by atoms with Gasteiger partial charge in [0.25, 0.3) is 0 Å². The molecule has 0 aliphatic carbocycles. The van der Waals surface area contributed by atoms with E-state index in [1.807, 2.05) is 44.7 Å². The third-order valence-electron chi connectivity index (χ3n) is 5.21. The van der Waals surface area contributed by atoms with Gasteiger partial charge in [-0.15, -0.1) is 0 Å². The number of aryl methyl sites for hydroxylation is 1. The molecule has 3 rings (SSSR count). The molecule has 1 N–H and O–H groups in total. The molecule has 0 saturated carbocycles. The van der Waals surface area contributed by atoms with E-state index in [1.54, 1.807) is 31.2 Å². The summed E-state index contributed by atoms with van der Waals surface area (Å²) in [6.45, 7) is 2.07. The fourth-order valence-corrected chi connectivity index (χ4v) is 3.61. The van der Waals surface area contributed by atoms with Crippen LogP contribution in [0.2, 0.25) is 0 Å². The number of hydrogen-bond donors (Lipinski definition) is 1. The van der Waals surface area contributed by atoms with Gasteiger partial charge in [-0.05, 0) is 48.8 Å². The Balaban J connectivity index is 2.02. The SMILES string of the molecule is C\C=C(/C=C(\C=C\OC)OC)C(CCO)c1ccc2ncc(-c3cnn(C)c3)cc2c1. The maximum Gasteiger partial charge on any atom is 0.122 e. The molecule has 0 bridgehead atoms. The predicted octanol–water partition coefficient (Wildman–Crippen LogP) is 4.74. The molecule has 0 amide bonds. The average molecular weight is 420 g/mol. The van der Waals surface area contributed by atoms with E-state index in [0.717, 1.165) is 33.2 Å². The second-order valence-electron chi connectivity index (χ2n) is 7.22. The first-order valence-corrected chi connectivity index (χ1v) is 10.2. The average Bonchev–Trinajstić information content (AvgIpc) is 3.23. The number of nitrogens with zero attached hydrogens (tertiary/aromatic N) is 3. The molecule has 0 fully saturated rings. The van der Waals surface area contributed by atoms with Gasteiger partial charge in [-0.25, -0.2) is 0 Å². The van der Waals surface area contributed by atoms with Crippen molar-refractivity contribution in [1.29, 1.82) is 0 Å². The number of ether oxygens (including phenoxy) is 2. The van der Waals surface area contributed by atoms with Gasteiger partial charge in [0.15, 0.2) is 0 Å². The fourth-order valence-electron chi connectivity index (χ4n) is 3.61. The van der Waals surface area contributed by atoms with Gasteiger partial charge in [0, 0.05) is 54.6 Å². The molecule has 0 spiro atoms. The Bertz CT molecular complexity index is 1110. The number of hydrogen-bond acceptors (Lipinski definition) is 5. The third-order valence-corrected chi connectivity index (χ3v) is 5.21. The van der Waals surface area contributed by atoms with E-state index in [0.29, 0.717) is 12.2 Å². The van der Waals surface area contributed by atoms with Gasteiger partial charge >= 0.3 is 0 Å². The minimum Gasteiger partial charge on any atom is -0.504 e. The molecular weight excluding hydrogens is 390 g/mol. The van der Waals surface area contributed by atoms with Crippen molar-refractivity contribution >= 4 is 10.9 Å². The Labute approximate surface area is 183 Å². The van der Waals surface area contributed by atoms with Gasteiger partial charge in [-0.1, -0.05) is 12.1 Å². The van der Waals surface area contributed by atoms with E-state index < -0.39 is 0 Å². The minimum atomic E-state index is 0.0162. The highest BCUT2D eigenvalue weighted by atomic mass is 16.5. The highest BCUT2D eigenvalue weighted by Gasteiger charge is 2.16. The summed E-state index contributed by atoms with van der Waals surface area (Å²) in [7, 11) is 5.12. The Morgan fingerprint density at radius 3 is 2.68 bits per heavy atom. The van der Waals surface area contributed by atoms with E-state index in [9.17, 15) is 5.11 Å². The standard InChI is InChI=1S/C25H29N3O3/c1-5-18(14-23(31-4)9-11-30-3)24(8-10-29)19-6-7-25-20(12-19)13-21(15-26-25)22-16-27-28(2)17-22/h5-7,9,11-17,24,29H,8,10H2,1-4H3/b11-9+,18-5+,23-14+. The molecule has 0 saturated heterocycles. The molecule has 1 aromatic carbocycles. The molecule has 0 aliphatic rings. The van der Waals surface area contributed by atoms with Crippen molar-refractivity contribution in [2.75, 3.05) is 20.8 Å². The summed E-state index contributed by atoms with van der Waals surface area (Å²) in [4.78, 5) is 4.62. The van der Waals surface area contributed by atoms with E-state index in [-0.39, 0.29) is 12.5 Å². The molecular formula is C25H29N3O3. The highest BCUT2D eigenvalue weighted by molar-refractivity contribution is 5.84. The maximum absolute atomic E-state index is 9.75. The molecule has 1 unspecified atom stereocenters. The lowest BCUT2D eigenvalue weighted by Crippen LogP contribution is -2.05. The van der Waals surface area contributed by atoms with Crippen LogP contribution in [0.15, 0.2) is 78.7 Å². The predicted molar refractivity (Wildman–Crippen MR) is 123 cm³/mol. The molecule has 6 nitrogen and oxygen atoms in total. The van der Waals surface area contributed by atoms with Crippen LogP contribution in [0.4, 0.5) is 0 Å². The van der Waals surface area contributed by atoms with Gasteiger partial charge in [0.1, 0.15) is 5.76 Å². The van der Waals surface area contributed by atoms with Crippen LogP contribution in [0, 0.1) is 0 Å². The van der Waals surface area contributed by atoms with Crippen LogP contribution in [0.25, 0.3) is 22.0 Å². The Morgan fingerprint density at radius 2 is 2.03 bits per heavy atom. The van der Waals surface area contributed by atoms with Crippen LogP contribution in [-0.2, 0) is 16.5 Å². The van der Waals surface area contributed by atoms with Crippen LogP contribution in [0.3, 0.4) is 0 Å². The van der Waals surface area contributed by atoms with Gasteiger partial charge in [-0.2, -0.15) is 5.10 Å². The molecule has 0 radical (unpaired) electrons. The van der Waals surface area contributed by atoms with Gasteiger partial charge in [-0.3, -0.25) is 9.67 Å². The van der Waals surface area contributed by atoms with E-state index in [2.05, 4.69) is 34.4 Å². The summed E-state index contributed by atoms with van der Waals surface area (Å²) in [5.41, 5.74) is 5.15. The number of aliphatic hydroxyl groups excluding tert-OH is 1. The molecule has 2 heterocycles. The Morgan fingerprint density at radius 1 is 1.19 bits per heavy atom. The second-order valence-corrected chi connectivity index (χ2v) is 7.22. The van der Waals surface area contributed by atoms with Crippen LogP contribution in [0.5, 0.6) is 0 Å². The smallest absolute Gasteiger partial charge is 0.122 e. The third kappa shape index (κ3) is 5.41. The van der Waals surface area contributed by atoms with Crippen molar-refractivity contribution in [2.45, 2.75) is 19.3 Å². The zero-order chi connectivity index (χ0) is 22.2. The van der Waals surface area contributed by atoms with E-state index in [1.165, 1.54) is 0 Å². The number of benzene rings is 1. The monoisotopic (exact) mass is 419 g/mol. The van der Waals surface area contributed by atoms with Gasteiger partial charge < -0.3 is 14.6 Å². The van der Waals surface area contributed by atoms with Crippen LogP contribution < -0.4 is 0 Å². The summed E-state index contributed by atoms with van der Waals surface area (Å²) >= 11 is 0. The zero-order valence-corrected chi connectivity index (χ0v) is 18.4. The molecule has 6 heteroatoms. The van der Waals surface area contributed by atoms with Gasteiger partial charge in [0.05, 0.1) is 32.2 Å². The Hall–Kier alpha value is -3.38. The van der Waals surface area contributed by atoms with Crippen molar-refractivity contribution in [2.24, 2.45) is 7.05 Å². The number of fused-ring (bicyclic) bond motifs is 1. The van der Waals surface area contributed by atoms with E-state index >= 15 is 0 Å². The van der Waals surface area contributed by atoms with Gasteiger partial charge in [0.2, 0.25) is 0 Å². The van der Waals surface area contributed by atoms with Crippen LogP contribution in [0.1, 0.15) is 24.8 Å². The molecule has 162 valence electrons. The fraction of sp³-hybridized carbons (Fsp3) is 0.280. The normalized spacial score (nSPS) is 13.7. The first-order chi connectivity index (χ1) is 15.1. The first kappa shape index (κ1) is 22.3. The lowest BCUT2D eigenvalue weighted by atomic mass is 9.87. The first-order valence-electron chi connectivity index (χ1n) is 10.2. The second kappa shape index (κ2) is 10.6. The number of rotatable bonds is 9. The van der Waals surface area contributed by atoms with Crippen molar-refractivity contribution in [3.8, 4) is 11.1 Å². The van der Waals surface area contributed by atoms with Crippen LogP contribution in [-0.4, -0.2) is 40.7 Å². The lowest BCUT2D eigenvalue weighted by Gasteiger charge is -2.19. The molecule has 2 aromatic heterocycles. The summed E-state index contributed by atoms with van der Waals surface area (Å²) < 4.78 is 12.2. The van der Waals surface area contributed by atoms with E-state index in [4.69, 9.17) is 9.47 Å². The molecule has 31 heavy (non-hydrogen) atoms. The number of aliphatic hydroxyl groups is 1. The summed E-state index contributed by atoms with van der Waals surface area (Å²) in [6.07, 6.45) is 13.7. The van der Waals surface area contributed by atoms with Crippen molar-refractivity contribution in [3.05, 3.63) is 84.2 Å². The summed E-state index contributed by atoms with van der Waals surface area (Å²) in [5, 5.41) is 15.1. The zero-order valence-electron chi connectivity index (χ0n) is 18.4. The highest BCUT2D eigenvalue weighted by Crippen LogP contribution is 2.32. The van der Waals surface area contributed by atoms with Crippen molar-refractivity contribution < 1.29 is 14.6 Å². The largest absolute Gasteiger partial charge is 0.504 e. The number of methoxy groups -OCH3 is 2. The topological polar surface area (TPSA) is 69.4 Å².